The van der Waals surface area contributed by atoms with Gasteiger partial charge in [0, 0.05) is 26.2 Å². The van der Waals surface area contributed by atoms with Crippen LogP contribution in [0.4, 0.5) is 5.95 Å². The molecule has 3 rings (SSSR count). The number of amides is 1. The molecule has 2 aromatic heterocycles. The maximum atomic E-state index is 11.5. The van der Waals surface area contributed by atoms with Crippen molar-refractivity contribution in [1.29, 1.82) is 0 Å². The summed E-state index contributed by atoms with van der Waals surface area (Å²) in [6.07, 6.45) is 4.81. The third-order valence-corrected chi connectivity index (χ3v) is 3.49. The van der Waals surface area contributed by atoms with Crippen LogP contribution in [0, 0.1) is 0 Å². The normalized spacial score (nSPS) is 20.6. The first-order chi connectivity index (χ1) is 8.66. The number of likely N-dealkylation sites (N-methyl/N-ethyl adjacent to an activating group) is 1. The number of anilines is 1. The van der Waals surface area contributed by atoms with Gasteiger partial charge in [0.05, 0.1) is 17.8 Å². The van der Waals surface area contributed by atoms with Crippen molar-refractivity contribution in [2.75, 3.05) is 19.3 Å². The second kappa shape index (κ2) is 3.97. The Morgan fingerprint density at radius 1 is 1.50 bits per heavy atom. The molecule has 1 amide bonds. The molecule has 1 unspecified atom stereocenters. The van der Waals surface area contributed by atoms with Crippen molar-refractivity contribution in [2.45, 2.75) is 18.9 Å². The summed E-state index contributed by atoms with van der Waals surface area (Å²) in [6.45, 7) is 0.677. The first-order valence-electron chi connectivity index (χ1n) is 5.98. The van der Waals surface area contributed by atoms with Gasteiger partial charge in [-0.3, -0.25) is 9.78 Å². The molecule has 0 saturated carbocycles. The molecule has 1 aliphatic rings. The van der Waals surface area contributed by atoms with Gasteiger partial charge in [-0.25, -0.2) is 4.98 Å². The molecule has 2 aromatic rings. The monoisotopic (exact) mass is 245 g/mol. The summed E-state index contributed by atoms with van der Waals surface area (Å²) in [5.74, 6) is 0.682. The minimum atomic E-state index is 0.191. The second-order valence-corrected chi connectivity index (χ2v) is 4.67. The molecule has 0 bridgehead atoms. The molecule has 6 nitrogen and oxygen atoms in total. The van der Waals surface area contributed by atoms with Gasteiger partial charge in [0.15, 0.2) is 0 Å². The van der Waals surface area contributed by atoms with Crippen molar-refractivity contribution in [2.24, 2.45) is 0 Å². The summed E-state index contributed by atoms with van der Waals surface area (Å²) in [6, 6.07) is 2.11. The molecular weight excluding hydrogens is 230 g/mol. The van der Waals surface area contributed by atoms with Gasteiger partial charge in [-0.15, -0.1) is 0 Å². The zero-order valence-corrected chi connectivity index (χ0v) is 10.2. The lowest BCUT2D eigenvalue weighted by Gasteiger charge is -2.31. The number of nitrogens with two attached hydrogens (primary N) is 1. The topological polar surface area (TPSA) is 77.0 Å². The SMILES string of the molecule is CN1CC(n2c(N)nc3cnccc32)CCC1=O. The van der Waals surface area contributed by atoms with Crippen molar-refractivity contribution in [3.05, 3.63) is 18.5 Å². The molecule has 1 fully saturated rings. The lowest BCUT2D eigenvalue weighted by Crippen LogP contribution is -2.38. The van der Waals surface area contributed by atoms with Gasteiger partial charge in [-0.2, -0.15) is 0 Å². The van der Waals surface area contributed by atoms with Crippen LogP contribution in [0.5, 0.6) is 0 Å². The van der Waals surface area contributed by atoms with Crippen molar-refractivity contribution in [3.8, 4) is 0 Å². The fourth-order valence-corrected chi connectivity index (χ4v) is 2.55. The van der Waals surface area contributed by atoms with E-state index in [0.717, 1.165) is 17.5 Å². The van der Waals surface area contributed by atoms with E-state index in [1.807, 2.05) is 17.7 Å². The molecule has 3 heterocycles. The minimum absolute atomic E-state index is 0.191. The van der Waals surface area contributed by atoms with Gasteiger partial charge in [-0.05, 0) is 12.5 Å². The van der Waals surface area contributed by atoms with E-state index in [9.17, 15) is 4.79 Å². The van der Waals surface area contributed by atoms with E-state index in [0.29, 0.717) is 18.9 Å². The lowest BCUT2D eigenvalue weighted by atomic mass is 10.1. The van der Waals surface area contributed by atoms with Crippen LogP contribution in [0.15, 0.2) is 18.5 Å². The van der Waals surface area contributed by atoms with Crippen LogP contribution in [-0.4, -0.2) is 38.9 Å². The third kappa shape index (κ3) is 1.61. The summed E-state index contributed by atoms with van der Waals surface area (Å²) >= 11 is 0. The van der Waals surface area contributed by atoms with Crippen molar-refractivity contribution < 1.29 is 4.79 Å². The van der Waals surface area contributed by atoms with Gasteiger partial charge >= 0.3 is 0 Å². The van der Waals surface area contributed by atoms with Gasteiger partial charge in [0.25, 0.3) is 0 Å². The highest BCUT2D eigenvalue weighted by atomic mass is 16.2. The summed E-state index contributed by atoms with van der Waals surface area (Å²) in [5.41, 5.74) is 7.77. The standard InChI is InChI=1S/C12H15N5O/c1-16-7-8(2-3-11(16)18)17-10-4-5-14-6-9(10)15-12(17)13/h4-6,8H,2-3,7H2,1H3,(H2,13,15). The number of hydrogen-bond donors (Lipinski definition) is 1. The minimum Gasteiger partial charge on any atom is -0.369 e. The van der Waals surface area contributed by atoms with Crippen LogP contribution in [0.2, 0.25) is 0 Å². The molecule has 1 aliphatic heterocycles. The predicted octanol–water partition coefficient (Wildman–Crippen LogP) is 0.807. The van der Waals surface area contributed by atoms with E-state index < -0.39 is 0 Å². The largest absolute Gasteiger partial charge is 0.369 e. The molecule has 0 aromatic carbocycles. The number of pyridine rings is 1. The fourth-order valence-electron chi connectivity index (χ4n) is 2.55. The fraction of sp³-hybridized carbons (Fsp3) is 0.417. The molecule has 18 heavy (non-hydrogen) atoms. The maximum absolute atomic E-state index is 11.5. The number of imidazole rings is 1. The Morgan fingerprint density at radius 3 is 3.11 bits per heavy atom. The van der Waals surface area contributed by atoms with Crippen LogP contribution in [0.1, 0.15) is 18.9 Å². The van der Waals surface area contributed by atoms with Gasteiger partial charge in [-0.1, -0.05) is 0 Å². The van der Waals surface area contributed by atoms with Crippen LogP contribution in [-0.2, 0) is 4.79 Å². The summed E-state index contributed by atoms with van der Waals surface area (Å²) in [4.78, 5) is 21.6. The summed E-state index contributed by atoms with van der Waals surface area (Å²) < 4.78 is 2.01. The van der Waals surface area contributed by atoms with Crippen molar-refractivity contribution >= 4 is 22.9 Å². The van der Waals surface area contributed by atoms with Crippen LogP contribution >= 0.6 is 0 Å². The Labute approximate surface area is 104 Å². The Kier molecular flexibility index (Phi) is 2.43. The Hall–Kier alpha value is -2.11. The average molecular weight is 245 g/mol. The van der Waals surface area contributed by atoms with Crippen molar-refractivity contribution in [3.63, 3.8) is 0 Å². The summed E-state index contributed by atoms with van der Waals surface area (Å²) in [5, 5.41) is 0. The Morgan fingerprint density at radius 2 is 2.33 bits per heavy atom. The quantitative estimate of drug-likeness (QED) is 0.806. The molecule has 6 heteroatoms. The van der Waals surface area contributed by atoms with Crippen LogP contribution < -0.4 is 5.73 Å². The number of hydrogen-bond acceptors (Lipinski definition) is 4. The zero-order chi connectivity index (χ0) is 12.7. The highest BCUT2D eigenvalue weighted by molar-refractivity contribution is 5.79. The number of carbonyl (C=O) groups is 1. The average Bonchev–Trinajstić information content (AvgIpc) is 2.69. The number of aromatic nitrogens is 3. The van der Waals surface area contributed by atoms with E-state index in [2.05, 4.69) is 9.97 Å². The van der Waals surface area contributed by atoms with Gasteiger partial charge in [0.2, 0.25) is 11.9 Å². The van der Waals surface area contributed by atoms with Crippen LogP contribution in [0.3, 0.4) is 0 Å². The molecule has 0 spiro atoms. The molecule has 0 radical (unpaired) electrons. The molecule has 94 valence electrons. The van der Waals surface area contributed by atoms with E-state index in [1.165, 1.54) is 0 Å². The lowest BCUT2D eigenvalue weighted by molar-refractivity contribution is -0.132. The number of carbonyl (C=O) groups excluding carboxylic acids is 1. The molecule has 1 atom stereocenters. The molecule has 1 saturated heterocycles. The number of fused-ring (bicyclic) bond motifs is 1. The van der Waals surface area contributed by atoms with E-state index in [1.54, 1.807) is 17.3 Å². The predicted molar refractivity (Wildman–Crippen MR) is 67.8 cm³/mol. The van der Waals surface area contributed by atoms with E-state index >= 15 is 0 Å². The number of likely N-dealkylation sites (tertiary alicyclic amines) is 1. The highest BCUT2D eigenvalue weighted by Gasteiger charge is 2.26. The smallest absolute Gasteiger partial charge is 0.222 e. The summed E-state index contributed by atoms with van der Waals surface area (Å²) in [7, 11) is 1.82. The van der Waals surface area contributed by atoms with Gasteiger partial charge in [0.1, 0.15) is 5.52 Å². The number of nitrogen functional groups attached to an aromatic ring is 1. The number of nitrogens with zero attached hydrogens (tertiary/aromatic N) is 4. The molecular formula is C12H15N5O. The van der Waals surface area contributed by atoms with Gasteiger partial charge < -0.3 is 15.2 Å². The Bertz CT molecular complexity index is 606. The number of rotatable bonds is 1. The first-order valence-corrected chi connectivity index (χ1v) is 5.98. The molecule has 2 N–H and O–H groups in total. The molecule has 0 aliphatic carbocycles. The third-order valence-electron chi connectivity index (χ3n) is 3.49. The number of piperidine rings is 1. The maximum Gasteiger partial charge on any atom is 0.222 e. The van der Waals surface area contributed by atoms with Crippen LogP contribution in [0.25, 0.3) is 11.0 Å². The Balaban J connectivity index is 2.04. The van der Waals surface area contributed by atoms with E-state index in [4.69, 9.17) is 5.73 Å². The second-order valence-electron chi connectivity index (χ2n) is 4.67. The zero-order valence-electron chi connectivity index (χ0n) is 10.2. The first kappa shape index (κ1) is 11.0. The highest BCUT2D eigenvalue weighted by Crippen LogP contribution is 2.28. The van der Waals surface area contributed by atoms with Crippen molar-refractivity contribution in [1.82, 2.24) is 19.4 Å². The van der Waals surface area contributed by atoms with E-state index in [-0.39, 0.29) is 11.9 Å².